The zero-order valence-electron chi connectivity index (χ0n) is 23.3. The van der Waals surface area contributed by atoms with Gasteiger partial charge in [-0.3, -0.25) is 18.7 Å². The number of sulfonamides is 1. The molecule has 0 saturated heterocycles. The van der Waals surface area contributed by atoms with Gasteiger partial charge in [0.15, 0.2) is 5.78 Å². The predicted molar refractivity (Wildman–Crippen MR) is 163 cm³/mol. The Morgan fingerprint density at radius 2 is 1.51 bits per heavy atom. The standard InChI is InChI=1S/C30H33Cl2N3O5S/c1-20(2)33-30(38)28(16-22-10-6-5-7-11-22)34(18-25-26(31)14-9-15-27(25)32)29(37)19-35(41(4,39)40)24-13-8-12-23(17-24)21(3)36/h5-15,17,20,28H,16,18-19H2,1-4H3,(H,33,38)/t28-/m0/s1. The molecule has 0 fully saturated rings. The molecule has 11 heteroatoms. The number of hydrogen-bond acceptors (Lipinski definition) is 5. The summed E-state index contributed by atoms with van der Waals surface area (Å²) in [6.45, 7) is 4.21. The molecule has 1 atom stereocenters. The summed E-state index contributed by atoms with van der Waals surface area (Å²) in [5.41, 5.74) is 1.66. The highest BCUT2D eigenvalue weighted by Gasteiger charge is 2.34. The first-order valence-electron chi connectivity index (χ1n) is 12.9. The van der Waals surface area contributed by atoms with Gasteiger partial charge in [0, 0.05) is 40.2 Å². The second-order valence-electron chi connectivity index (χ2n) is 9.97. The van der Waals surface area contributed by atoms with Crippen molar-refractivity contribution in [1.29, 1.82) is 0 Å². The van der Waals surface area contributed by atoms with Gasteiger partial charge in [0.05, 0.1) is 11.9 Å². The Hall–Kier alpha value is -3.40. The molecule has 3 aromatic carbocycles. The molecular weight excluding hydrogens is 585 g/mol. The van der Waals surface area contributed by atoms with Gasteiger partial charge in [0.2, 0.25) is 21.8 Å². The van der Waals surface area contributed by atoms with Crippen LogP contribution in [0.5, 0.6) is 0 Å². The Morgan fingerprint density at radius 1 is 0.902 bits per heavy atom. The largest absolute Gasteiger partial charge is 0.352 e. The van der Waals surface area contributed by atoms with Gasteiger partial charge in [-0.25, -0.2) is 8.42 Å². The Morgan fingerprint density at radius 3 is 2.07 bits per heavy atom. The summed E-state index contributed by atoms with van der Waals surface area (Å²) in [6, 6.07) is 18.9. The van der Waals surface area contributed by atoms with E-state index in [9.17, 15) is 22.8 Å². The van der Waals surface area contributed by atoms with Crippen molar-refractivity contribution in [2.45, 2.75) is 45.8 Å². The number of Topliss-reactive ketones (excluding diaryl/α,β-unsaturated/α-hetero) is 1. The number of nitrogens with one attached hydrogen (secondary N) is 1. The maximum absolute atomic E-state index is 14.1. The van der Waals surface area contributed by atoms with Gasteiger partial charge in [-0.1, -0.05) is 71.7 Å². The van der Waals surface area contributed by atoms with Crippen LogP contribution >= 0.6 is 23.2 Å². The molecule has 41 heavy (non-hydrogen) atoms. The second-order valence-corrected chi connectivity index (χ2v) is 12.7. The molecule has 0 aliphatic carbocycles. The molecule has 3 aromatic rings. The van der Waals surface area contributed by atoms with E-state index in [2.05, 4.69) is 5.32 Å². The van der Waals surface area contributed by atoms with Crippen molar-refractivity contribution in [2.24, 2.45) is 0 Å². The third-order valence-electron chi connectivity index (χ3n) is 6.31. The quantitative estimate of drug-likeness (QED) is 0.284. The smallest absolute Gasteiger partial charge is 0.244 e. The van der Waals surface area contributed by atoms with Crippen LogP contribution in [0.15, 0.2) is 72.8 Å². The van der Waals surface area contributed by atoms with Crippen molar-refractivity contribution in [1.82, 2.24) is 10.2 Å². The predicted octanol–water partition coefficient (Wildman–Crippen LogP) is 5.13. The third-order valence-corrected chi connectivity index (χ3v) is 8.16. The molecule has 0 unspecified atom stereocenters. The topological polar surface area (TPSA) is 104 Å². The molecule has 0 aliphatic heterocycles. The van der Waals surface area contributed by atoms with Gasteiger partial charge in [0.1, 0.15) is 12.6 Å². The number of amides is 2. The summed E-state index contributed by atoms with van der Waals surface area (Å²) in [6.07, 6.45) is 1.13. The summed E-state index contributed by atoms with van der Waals surface area (Å²) in [4.78, 5) is 41.0. The monoisotopic (exact) mass is 617 g/mol. The molecule has 3 rings (SSSR count). The van der Waals surface area contributed by atoms with Crippen LogP contribution in [-0.4, -0.2) is 55.8 Å². The van der Waals surface area contributed by atoms with Gasteiger partial charge in [-0.2, -0.15) is 0 Å². The van der Waals surface area contributed by atoms with Gasteiger partial charge in [-0.15, -0.1) is 0 Å². The van der Waals surface area contributed by atoms with Crippen LogP contribution in [0.3, 0.4) is 0 Å². The highest BCUT2D eigenvalue weighted by Crippen LogP contribution is 2.28. The lowest BCUT2D eigenvalue weighted by molar-refractivity contribution is -0.140. The molecule has 2 amide bonds. The number of hydrogen-bond donors (Lipinski definition) is 1. The lowest BCUT2D eigenvalue weighted by Gasteiger charge is -2.34. The Balaban J connectivity index is 2.12. The molecule has 0 heterocycles. The van der Waals surface area contributed by atoms with Crippen LogP contribution in [0.4, 0.5) is 5.69 Å². The van der Waals surface area contributed by atoms with Crippen molar-refractivity contribution in [2.75, 3.05) is 17.1 Å². The normalized spacial score (nSPS) is 12.1. The number of ketones is 1. The van der Waals surface area contributed by atoms with Gasteiger partial charge in [-0.05, 0) is 50.6 Å². The van der Waals surface area contributed by atoms with Crippen LogP contribution in [0.2, 0.25) is 10.0 Å². The minimum Gasteiger partial charge on any atom is -0.352 e. The number of nitrogens with zero attached hydrogens (tertiary/aromatic N) is 2. The highest BCUT2D eigenvalue weighted by atomic mass is 35.5. The van der Waals surface area contributed by atoms with Crippen molar-refractivity contribution in [3.8, 4) is 0 Å². The fourth-order valence-electron chi connectivity index (χ4n) is 4.28. The fourth-order valence-corrected chi connectivity index (χ4v) is 5.64. The first kappa shape index (κ1) is 32.1. The molecular formula is C30H33Cl2N3O5S. The number of halogens is 2. The van der Waals surface area contributed by atoms with Crippen molar-refractivity contribution >= 4 is 56.5 Å². The molecule has 0 radical (unpaired) electrons. The van der Waals surface area contributed by atoms with E-state index >= 15 is 0 Å². The van der Waals surface area contributed by atoms with E-state index < -0.39 is 34.4 Å². The SMILES string of the molecule is CC(=O)c1cccc(N(CC(=O)N(Cc2c(Cl)cccc2Cl)[C@@H](Cc2ccccc2)C(=O)NC(C)C)S(C)(=O)=O)c1. The zero-order chi connectivity index (χ0) is 30.3. The van der Waals surface area contributed by atoms with Gasteiger partial charge in [0.25, 0.3) is 0 Å². The first-order valence-corrected chi connectivity index (χ1v) is 15.5. The summed E-state index contributed by atoms with van der Waals surface area (Å²) in [7, 11) is -3.98. The lowest BCUT2D eigenvalue weighted by atomic mass is 10.0. The minimum atomic E-state index is -3.98. The lowest BCUT2D eigenvalue weighted by Crippen LogP contribution is -2.54. The van der Waals surface area contributed by atoms with Crippen LogP contribution < -0.4 is 9.62 Å². The molecule has 1 N–H and O–H groups in total. The fraction of sp³-hybridized carbons (Fsp3) is 0.300. The van der Waals surface area contributed by atoms with E-state index in [1.807, 2.05) is 44.2 Å². The van der Waals surface area contributed by atoms with E-state index in [1.54, 1.807) is 30.3 Å². The second kappa shape index (κ2) is 14.0. The van der Waals surface area contributed by atoms with Crippen LogP contribution in [0.25, 0.3) is 0 Å². The number of rotatable bonds is 12. The van der Waals surface area contributed by atoms with E-state index in [0.717, 1.165) is 16.1 Å². The maximum atomic E-state index is 14.1. The summed E-state index contributed by atoms with van der Waals surface area (Å²) < 4.78 is 26.8. The number of anilines is 1. The van der Waals surface area contributed by atoms with Crippen LogP contribution in [0.1, 0.15) is 42.3 Å². The van der Waals surface area contributed by atoms with Crippen LogP contribution in [-0.2, 0) is 32.6 Å². The Kier molecular flexibility index (Phi) is 11.0. The van der Waals surface area contributed by atoms with E-state index in [1.165, 1.54) is 24.0 Å². The average molecular weight is 619 g/mol. The van der Waals surface area contributed by atoms with Gasteiger partial charge < -0.3 is 10.2 Å². The maximum Gasteiger partial charge on any atom is 0.244 e. The molecule has 8 nitrogen and oxygen atoms in total. The zero-order valence-corrected chi connectivity index (χ0v) is 25.6. The summed E-state index contributed by atoms with van der Waals surface area (Å²) >= 11 is 12.9. The molecule has 0 aliphatic rings. The molecule has 0 saturated carbocycles. The number of benzene rings is 3. The van der Waals surface area contributed by atoms with Gasteiger partial charge >= 0.3 is 0 Å². The summed E-state index contributed by atoms with van der Waals surface area (Å²) in [5, 5.41) is 3.48. The molecule has 218 valence electrons. The molecule has 0 bridgehead atoms. The van der Waals surface area contributed by atoms with Crippen molar-refractivity contribution < 1.29 is 22.8 Å². The third kappa shape index (κ3) is 8.79. The minimum absolute atomic E-state index is 0.147. The van der Waals surface area contributed by atoms with E-state index in [4.69, 9.17) is 23.2 Å². The van der Waals surface area contributed by atoms with E-state index in [-0.39, 0.29) is 30.5 Å². The van der Waals surface area contributed by atoms with E-state index in [0.29, 0.717) is 21.2 Å². The average Bonchev–Trinajstić information content (AvgIpc) is 2.90. The Labute approximate surface area is 251 Å². The summed E-state index contributed by atoms with van der Waals surface area (Å²) in [5.74, 6) is -1.32. The molecule has 0 spiro atoms. The number of carbonyl (C=O) groups is 3. The Bertz CT molecular complexity index is 1490. The molecule has 0 aromatic heterocycles. The van der Waals surface area contributed by atoms with Crippen molar-refractivity contribution in [3.63, 3.8) is 0 Å². The van der Waals surface area contributed by atoms with Crippen LogP contribution in [0, 0.1) is 0 Å². The van der Waals surface area contributed by atoms with Crippen molar-refractivity contribution in [3.05, 3.63) is 99.5 Å². The first-order chi connectivity index (χ1) is 19.3. The number of carbonyl (C=O) groups excluding carboxylic acids is 3. The highest BCUT2D eigenvalue weighted by molar-refractivity contribution is 7.92.